The maximum Gasteiger partial charge on any atom is 0.329 e. The Morgan fingerprint density at radius 1 is 1.30 bits per heavy atom. The molecule has 0 spiro atoms. The monoisotopic (exact) mass is 302 g/mol. The van der Waals surface area contributed by atoms with Crippen LogP contribution in [-0.4, -0.2) is 67.5 Å². The van der Waals surface area contributed by atoms with Crippen molar-refractivity contribution in [1.82, 2.24) is 9.21 Å². The molecule has 3 heterocycles. The van der Waals surface area contributed by atoms with Crippen LogP contribution in [0.15, 0.2) is 0 Å². The molecule has 0 N–H and O–H groups in total. The molecule has 112 valence electrons. The molecular formula is C12H18N2O5S. The number of carbonyl (C=O) groups excluding carboxylic acids is 2. The van der Waals surface area contributed by atoms with E-state index >= 15 is 0 Å². The van der Waals surface area contributed by atoms with Crippen molar-refractivity contribution in [3.05, 3.63) is 0 Å². The second kappa shape index (κ2) is 4.70. The molecule has 2 atom stereocenters. The summed E-state index contributed by atoms with van der Waals surface area (Å²) in [4.78, 5) is 25.6. The quantitative estimate of drug-likeness (QED) is 0.623. The van der Waals surface area contributed by atoms with Crippen molar-refractivity contribution in [1.29, 1.82) is 0 Å². The number of piperidine rings is 1. The van der Waals surface area contributed by atoms with E-state index in [9.17, 15) is 18.0 Å². The van der Waals surface area contributed by atoms with Gasteiger partial charge in [0.15, 0.2) is 0 Å². The molecule has 3 aliphatic rings. The van der Waals surface area contributed by atoms with Gasteiger partial charge in [0, 0.05) is 25.4 Å². The van der Waals surface area contributed by atoms with Crippen LogP contribution in [0.25, 0.3) is 0 Å². The summed E-state index contributed by atoms with van der Waals surface area (Å²) >= 11 is 0. The maximum absolute atomic E-state index is 12.4. The Hall–Kier alpha value is -1.15. The van der Waals surface area contributed by atoms with E-state index in [0.717, 1.165) is 0 Å². The number of fused-ring (bicyclic) bond motifs is 2. The molecule has 7 nitrogen and oxygen atoms in total. The first kappa shape index (κ1) is 13.8. The van der Waals surface area contributed by atoms with E-state index in [-0.39, 0.29) is 23.9 Å². The predicted octanol–water partition coefficient (Wildman–Crippen LogP) is -0.816. The molecule has 0 saturated carbocycles. The highest BCUT2D eigenvalue weighted by Crippen LogP contribution is 2.32. The highest BCUT2D eigenvalue weighted by Gasteiger charge is 2.49. The molecular weight excluding hydrogens is 284 g/mol. The molecule has 1 amide bonds. The van der Waals surface area contributed by atoms with E-state index in [1.807, 2.05) is 0 Å². The summed E-state index contributed by atoms with van der Waals surface area (Å²) in [6.07, 6.45) is 2.69. The summed E-state index contributed by atoms with van der Waals surface area (Å²) in [5.41, 5.74) is 0. The smallest absolute Gasteiger partial charge is 0.329 e. The first-order valence-corrected chi connectivity index (χ1v) is 8.67. The minimum atomic E-state index is -3.18. The largest absolute Gasteiger partial charge is 0.459 e. The van der Waals surface area contributed by atoms with Gasteiger partial charge in [0.05, 0.1) is 12.8 Å². The summed E-state index contributed by atoms with van der Waals surface area (Å²) in [6, 6.07) is -0.416. The number of hydrogen-bond donors (Lipinski definition) is 0. The van der Waals surface area contributed by atoms with Gasteiger partial charge in [-0.05, 0) is 12.8 Å². The number of nitrogens with zero attached hydrogens (tertiary/aromatic N) is 2. The Bertz CT molecular complexity index is 538. The number of hydrogen-bond acceptors (Lipinski definition) is 5. The van der Waals surface area contributed by atoms with Gasteiger partial charge in [-0.15, -0.1) is 0 Å². The van der Waals surface area contributed by atoms with Crippen molar-refractivity contribution in [3.63, 3.8) is 0 Å². The Kier molecular flexibility index (Phi) is 3.24. The normalized spacial score (nSPS) is 31.6. The molecule has 3 fully saturated rings. The second-order valence-electron chi connectivity index (χ2n) is 5.74. The summed E-state index contributed by atoms with van der Waals surface area (Å²) in [5, 5.41) is 0. The number of amides is 1. The van der Waals surface area contributed by atoms with Crippen molar-refractivity contribution >= 4 is 21.9 Å². The van der Waals surface area contributed by atoms with Gasteiger partial charge in [-0.1, -0.05) is 0 Å². The zero-order valence-electron chi connectivity index (χ0n) is 11.3. The van der Waals surface area contributed by atoms with Gasteiger partial charge in [0.1, 0.15) is 12.1 Å². The molecule has 0 aromatic heterocycles. The highest BCUT2D eigenvalue weighted by atomic mass is 32.2. The molecule has 0 aliphatic carbocycles. The molecule has 20 heavy (non-hydrogen) atoms. The van der Waals surface area contributed by atoms with Crippen LogP contribution in [-0.2, 0) is 24.3 Å². The Morgan fingerprint density at radius 2 is 1.95 bits per heavy atom. The Balaban J connectivity index is 1.62. The highest BCUT2D eigenvalue weighted by molar-refractivity contribution is 7.88. The third-order valence-corrected chi connectivity index (χ3v) is 5.68. The zero-order valence-corrected chi connectivity index (χ0v) is 12.1. The van der Waals surface area contributed by atoms with Crippen molar-refractivity contribution in [2.24, 2.45) is 5.92 Å². The van der Waals surface area contributed by atoms with Gasteiger partial charge in [-0.25, -0.2) is 17.5 Å². The average Bonchev–Trinajstić information content (AvgIpc) is 2.96. The van der Waals surface area contributed by atoms with E-state index < -0.39 is 16.1 Å². The number of ether oxygens (including phenoxy) is 1. The number of esters is 1. The lowest BCUT2D eigenvalue weighted by Crippen LogP contribution is -2.49. The molecule has 0 aromatic rings. The maximum atomic E-state index is 12.4. The number of sulfonamides is 1. The van der Waals surface area contributed by atoms with E-state index in [0.29, 0.717) is 38.9 Å². The van der Waals surface area contributed by atoms with Crippen LogP contribution in [0.4, 0.5) is 0 Å². The van der Waals surface area contributed by atoms with E-state index in [2.05, 4.69) is 0 Å². The molecule has 3 aliphatic heterocycles. The minimum Gasteiger partial charge on any atom is -0.459 e. The van der Waals surface area contributed by atoms with Crippen LogP contribution in [0.1, 0.15) is 19.3 Å². The third kappa shape index (κ3) is 2.31. The summed E-state index contributed by atoms with van der Waals surface area (Å²) in [7, 11) is -3.18. The number of likely N-dealkylation sites (tertiary alicyclic amines) is 1. The fourth-order valence-corrected chi connectivity index (χ4v) is 4.14. The van der Waals surface area contributed by atoms with Gasteiger partial charge >= 0.3 is 5.97 Å². The third-order valence-electron chi connectivity index (χ3n) is 4.37. The molecule has 0 aromatic carbocycles. The van der Waals surface area contributed by atoms with Crippen molar-refractivity contribution in [2.45, 2.75) is 31.4 Å². The SMILES string of the molecule is CS(=O)(=O)N1CCC(C(=O)N2C[C@H]3C[C@H]2C(=O)O3)CC1. The molecule has 3 saturated heterocycles. The molecule has 2 bridgehead atoms. The second-order valence-corrected chi connectivity index (χ2v) is 7.72. The van der Waals surface area contributed by atoms with Gasteiger partial charge in [0.25, 0.3) is 0 Å². The molecule has 8 heteroatoms. The van der Waals surface area contributed by atoms with Crippen LogP contribution in [0.5, 0.6) is 0 Å². The summed E-state index contributed by atoms with van der Waals surface area (Å²) in [6.45, 7) is 1.24. The zero-order chi connectivity index (χ0) is 14.5. The van der Waals surface area contributed by atoms with E-state index in [1.165, 1.54) is 10.6 Å². The van der Waals surface area contributed by atoms with Gasteiger partial charge in [-0.3, -0.25) is 4.79 Å². The van der Waals surface area contributed by atoms with Crippen LogP contribution < -0.4 is 0 Å². The van der Waals surface area contributed by atoms with Crippen LogP contribution in [0, 0.1) is 5.92 Å². The van der Waals surface area contributed by atoms with Crippen molar-refractivity contribution in [3.8, 4) is 0 Å². The number of carbonyl (C=O) groups is 2. The molecule has 0 radical (unpaired) electrons. The Labute approximate surface area is 117 Å². The predicted molar refractivity (Wildman–Crippen MR) is 69.1 cm³/mol. The topological polar surface area (TPSA) is 84.0 Å². The lowest BCUT2D eigenvalue weighted by atomic mass is 9.96. The fourth-order valence-electron chi connectivity index (χ4n) is 3.26. The summed E-state index contributed by atoms with van der Waals surface area (Å²) in [5.74, 6) is -0.509. The average molecular weight is 302 g/mol. The molecule has 0 unspecified atom stereocenters. The first-order valence-electron chi connectivity index (χ1n) is 6.82. The van der Waals surface area contributed by atoms with Gasteiger partial charge in [-0.2, -0.15) is 0 Å². The Morgan fingerprint density at radius 3 is 2.45 bits per heavy atom. The van der Waals surface area contributed by atoms with Gasteiger partial charge in [0.2, 0.25) is 15.9 Å². The molecule has 3 rings (SSSR count). The van der Waals surface area contributed by atoms with Crippen LogP contribution >= 0.6 is 0 Å². The van der Waals surface area contributed by atoms with E-state index in [4.69, 9.17) is 4.74 Å². The first-order chi connectivity index (χ1) is 9.36. The van der Waals surface area contributed by atoms with Crippen molar-refractivity contribution in [2.75, 3.05) is 25.9 Å². The summed E-state index contributed by atoms with van der Waals surface area (Å²) < 4.78 is 29.3. The van der Waals surface area contributed by atoms with Crippen LogP contribution in [0.3, 0.4) is 0 Å². The number of rotatable bonds is 2. The fraction of sp³-hybridized carbons (Fsp3) is 0.833. The lowest BCUT2D eigenvalue weighted by Gasteiger charge is -2.34. The van der Waals surface area contributed by atoms with Crippen LogP contribution in [0.2, 0.25) is 0 Å². The minimum absolute atomic E-state index is 0.0256. The lowest BCUT2D eigenvalue weighted by molar-refractivity contribution is -0.159. The van der Waals surface area contributed by atoms with Gasteiger partial charge < -0.3 is 9.64 Å². The van der Waals surface area contributed by atoms with Crippen molar-refractivity contribution < 1.29 is 22.7 Å². The standard InChI is InChI=1S/C12H18N2O5S/c1-20(17,18)13-4-2-8(3-5-13)11(15)14-7-9-6-10(14)12(16)19-9/h8-10H,2-7H2,1H3/t9-,10+/m1/s1. The van der Waals surface area contributed by atoms with E-state index in [1.54, 1.807) is 4.90 Å². The number of morpholine rings is 1.